The number of carbonyl (C=O) groups excluding carboxylic acids is 1. The van der Waals surface area contributed by atoms with E-state index >= 15 is 0 Å². The van der Waals surface area contributed by atoms with Crippen LogP contribution in [-0.2, 0) is 9.53 Å². The van der Waals surface area contributed by atoms with Crippen LogP contribution in [0.2, 0.25) is 0 Å². The molecular weight excluding hydrogens is 387 g/mol. The Kier molecular flexibility index (Phi) is 10.3. The van der Waals surface area contributed by atoms with Gasteiger partial charge in [0.1, 0.15) is 0 Å². The van der Waals surface area contributed by atoms with E-state index in [1.54, 1.807) is 0 Å². The number of nitrogens with two attached hydrogens (primary N) is 1. The molecule has 2 N–H and O–H groups in total. The number of hydrogen-bond donors (Lipinski definition) is 1. The summed E-state index contributed by atoms with van der Waals surface area (Å²) in [5.74, 6) is 0.264. The third kappa shape index (κ3) is 5.71. The molecule has 3 heterocycles. The lowest BCUT2D eigenvalue weighted by Crippen LogP contribution is -2.57. The number of rotatable bonds is 5. The van der Waals surface area contributed by atoms with E-state index in [4.69, 9.17) is 10.5 Å². The van der Waals surface area contributed by atoms with E-state index in [0.29, 0.717) is 19.8 Å². The van der Waals surface area contributed by atoms with E-state index < -0.39 is 0 Å². The molecule has 0 saturated carbocycles. The molecule has 3 fully saturated rings. The fourth-order valence-electron chi connectivity index (χ4n) is 4.72. The molecule has 0 aromatic heterocycles. The van der Waals surface area contributed by atoms with Gasteiger partial charge in [0.25, 0.3) is 0 Å². The Labute approximate surface area is 176 Å². The highest BCUT2D eigenvalue weighted by molar-refractivity contribution is 5.85. The van der Waals surface area contributed by atoms with Gasteiger partial charge in [0.15, 0.2) is 0 Å². The lowest BCUT2D eigenvalue weighted by Gasteiger charge is -2.42. The summed E-state index contributed by atoms with van der Waals surface area (Å²) in [7, 11) is 0. The molecule has 1 amide bonds. The monoisotopic (exact) mass is 424 g/mol. The molecular formula is C19H38Cl2N4O2. The van der Waals surface area contributed by atoms with E-state index in [-0.39, 0.29) is 36.1 Å². The number of piperazine rings is 1. The Morgan fingerprint density at radius 1 is 1.00 bits per heavy atom. The standard InChI is InChI=1S/C19H36N4O2.2ClH/c1-16-3-4-17(2)23(16)12-9-21-7-10-22(11-8-21)18(24)19(15-20)5-13-25-14-6-19;;/h16-17H,3-15,20H2,1-2H3;2*1H. The second-order valence-corrected chi connectivity index (χ2v) is 8.24. The Morgan fingerprint density at radius 2 is 1.56 bits per heavy atom. The minimum absolute atomic E-state index is 0. The van der Waals surface area contributed by atoms with Crippen molar-refractivity contribution in [1.82, 2.24) is 14.7 Å². The van der Waals surface area contributed by atoms with Gasteiger partial charge in [-0.2, -0.15) is 0 Å². The van der Waals surface area contributed by atoms with Crippen LogP contribution in [-0.4, -0.2) is 91.7 Å². The molecule has 2 atom stereocenters. The van der Waals surface area contributed by atoms with Crippen LogP contribution < -0.4 is 5.73 Å². The largest absolute Gasteiger partial charge is 0.381 e. The minimum atomic E-state index is -0.374. The maximum Gasteiger partial charge on any atom is 0.230 e. The first-order valence-electron chi connectivity index (χ1n) is 10.1. The van der Waals surface area contributed by atoms with Crippen LogP contribution >= 0.6 is 24.8 Å². The number of halogens is 2. The zero-order chi connectivity index (χ0) is 17.9. The first-order chi connectivity index (χ1) is 12.1. The molecule has 0 aromatic rings. The summed E-state index contributed by atoms with van der Waals surface area (Å²) in [6.45, 7) is 12.4. The van der Waals surface area contributed by atoms with E-state index in [1.165, 1.54) is 12.8 Å². The smallest absolute Gasteiger partial charge is 0.230 e. The van der Waals surface area contributed by atoms with E-state index in [0.717, 1.165) is 64.2 Å². The maximum atomic E-state index is 13.0. The average Bonchev–Trinajstić information content (AvgIpc) is 2.98. The van der Waals surface area contributed by atoms with Crippen LogP contribution in [0.5, 0.6) is 0 Å². The second-order valence-electron chi connectivity index (χ2n) is 8.24. The van der Waals surface area contributed by atoms with Gasteiger partial charge in [-0.1, -0.05) is 0 Å². The highest BCUT2D eigenvalue weighted by atomic mass is 35.5. The van der Waals surface area contributed by atoms with Gasteiger partial charge in [-0.05, 0) is 39.5 Å². The third-order valence-electron chi connectivity index (χ3n) is 6.76. The molecule has 160 valence electrons. The first-order valence-corrected chi connectivity index (χ1v) is 10.1. The number of amides is 1. The minimum Gasteiger partial charge on any atom is -0.381 e. The topological polar surface area (TPSA) is 62.0 Å². The van der Waals surface area contributed by atoms with Gasteiger partial charge in [0.2, 0.25) is 5.91 Å². The average molecular weight is 425 g/mol. The predicted molar refractivity (Wildman–Crippen MR) is 114 cm³/mol. The van der Waals surface area contributed by atoms with Crippen molar-refractivity contribution in [3.05, 3.63) is 0 Å². The fourth-order valence-corrected chi connectivity index (χ4v) is 4.72. The first kappa shape index (κ1) is 24.9. The molecule has 3 aliphatic rings. The van der Waals surface area contributed by atoms with Gasteiger partial charge in [-0.3, -0.25) is 14.6 Å². The van der Waals surface area contributed by atoms with Gasteiger partial charge in [-0.15, -0.1) is 24.8 Å². The number of likely N-dealkylation sites (tertiary alicyclic amines) is 1. The highest BCUT2D eigenvalue weighted by Gasteiger charge is 2.42. The van der Waals surface area contributed by atoms with Gasteiger partial charge < -0.3 is 15.4 Å². The van der Waals surface area contributed by atoms with Crippen molar-refractivity contribution in [1.29, 1.82) is 0 Å². The van der Waals surface area contributed by atoms with Crippen LogP contribution in [0.25, 0.3) is 0 Å². The van der Waals surface area contributed by atoms with Crippen LogP contribution in [0.15, 0.2) is 0 Å². The number of nitrogens with zero attached hydrogens (tertiary/aromatic N) is 3. The lowest BCUT2D eigenvalue weighted by molar-refractivity contribution is -0.149. The molecule has 0 radical (unpaired) electrons. The molecule has 0 bridgehead atoms. The van der Waals surface area contributed by atoms with Crippen molar-refractivity contribution in [2.75, 3.05) is 59.0 Å². The summed E-state index contributed by atoms with van der Waals surface area (Å²) in [6.07, 6.45) is 4.20. The van der Waals surface area contributed by atoms with Crippen molar-refractivity contribution < 1.29 is 9.53 Å². The van der Waals surface area contributed by atoms with Gasteiger partial charge in [-0.25, -0.2) is 0 Å². The van der Waals surface area contributed by atoms with Crippen molar-refractivity contribution in [2.24, 2.45) is 11.1 Å². The molecule has 8 heteroatoms. The summed E-state index contributed by atoms with van der Waals surface area (Å²) >= 11 is 0. The summed E-state index contributed by atoms with van der Waals surface area (Å²) in [5, 5.41) is 0. The number of ether oxygens (including phenoxy) is 1. The summed E-state index contributed by atoms with van der Waals surface area (Å²) in [4.78, 5) is 20.2. The Bertz CT molecular complexity index is 445. The number of hydrogen-bond acceptors (Lipinski definition) is 5. The quantitative estimate of drug-likeness (QED) is 0.725. The Hall–Kier alpha value is -0.110. The van der Waals surface area contributed by atoms with Gasteiger partial charge in [0, 0.05) is 71.1 Å². The van der Waals surface area contributed by atoms with E-state index in [2.05, 4.69) is 28.5 Å². The van der Waals surface area contributed by atoms with Crippen molar-refractivity contribution >= 4 is 30.7 Å². The van der Waals surface area contributed by atoms with Crippen LogP contribution in [0.4, 0.5) is 0 Å². The normalized spacial score (nSPS) is 29.1. The molecule has 3 rings (SSSR count). The molecule has 2 unspecified atom stereocenters. The van der Waals surface area contributed by atoms with Crippen LogP contribution in [0.3, 0.4) is 0 Å². The molecule has 3 aliphatic heterocycles. The van der Waals surface area contributed by atoms with Crippen LogP contribution in [0.1, 0.15) is 39.5 Å². The Balaban J connectivity index is 0.00000182. The third-order valence-corrected chi connectivity index (χ3v) is 6.76. The summed E-state index contributed by atoms with van der Waals surface area (Å²) in [6, 6.07) is 1.44. The lowest BCUT2D eigenvalue weighted by atomic mass is 9.78. The number of carbonyl (C=O) groups is 1. The molecule has 0 spiro atoms. The molecule has 27 heavy (non-hydrogen) atoms. The summed E-state index contributed by atoms with van der Waals surface area (Å²) < 4.78 is 5.44. The van der Waals surface area contributed by atoms with E-state index in [1.807, 2.05) is 0 Å². The summed E-state index contributed by atoms with van der Waals surface area (Å²) in [5.41, 5.74) is 5.62. The van der Waals surface area contributed by atoms with Crippen molar-refractivity contribution in [2.45, 2.75) is 51.6 Å². The Morgan fingerprint density at radius 3 is 2.07 bits per heavy atom. The molecule has 6 nitrogen and oxygen atoms in total. The van der Waals surface area contributed by atoms with Gasteiger partial charge in [0.05, 0.1) is 5.41 Å². The molecule has 3 saturated heterocycles. The fraction of sp³-hybridized carbons (Fsp3) is 0.947. The SMILES string of the molecule is CC1CCC(C)N1CCN1CCN(C(=O)C2(CN)CCOCC2)CC1.Cl.Cl. The highest BCUT2D eigenvalue weighted by Crippen LogP contribution is 2.32. The van der Waals surface area contributed by atoms with Gasteiger partial charge >= 0.3 is 0 Å². The van der Waals surface area contributed by atoms with Crippen LogP contribution in [0, 0.1) is 5.41 Å². The van der Waals surface area contributed by atoms with Crippen molar-refractivity contribution in [3.8, 4) is 0 Å². The zero-order valence-electron chi connectivity index (χ0n) is 16.9. The zero-order valence-corrected chi connectivity index (χ0v) is 18.5. The molecule has 0 aliphatic carbocycles. The maximum absolute atomic E-state index is 13.0. The van der Waals surface area contributed by atoms with Crippen molar-refractivity contribution in [3.63, 3.8) is 0 Å². The second kappa shape index (κ2) is 11.2. The van der Waals surface area contributed by atoms with E-state index in [9.17, 15) is 4.79 Å². The predicted octanol–water partition coefficient (Wildman–Crippen LogP) is 1.60. The molecule has 0 aromatic carbocycles.